The maximum absolute atomic E-state index is 13.2. The van der Waals surface area contributed by atoms with Crippen LogP contribution in [0.2, 0.25) is 0 Å². The maximum Gasteiger partial charge on any atom is 0.227 e. The Morgan fingerprint density at radius 1 is 1.25 bits per heavy atom. The molecule has 0 saturated carbocycles. The molecule has 0 aliphatic carbocycles. The van der Waals surface area contributed by atoms with Gasteiger partial charge in [-0.1, -0.05) is 12.1 Å². The van der Waals surface area contributed by atoms with E-state index in [4.69, 9.17) is 0 Å². The van der Waals surface area contributed by atoms with E-state index in [2.05, 4.69) is 16.8 Å². The van der Waals surface area contributed by atoms with E-state index in [1.807, 2.05) is 0 Å². The lowest BCUT2D eigenvalue weighted by atomic mass is 10.0. The third-order valence-electron chi connectivity index (χ3n) is 5.04. The molecule has 2 saturated heterocycles. The number of nitrogens with zero attached hydrogens (tertiary/aromatic N) is 3. The summed E-state index contributed by atoms with van der Waals surface area (Å²) in [6.45, 7) is 5.49. The lowest BCUT2D eigenvalue weighted by Crippen LogP contribution is -2.52. The summed E-state index contributed by atoms with van der Waals surface area (Å²) in [5.74, 6) is -0.372. The number of benzene rings is 1. The highest BCUT2D eigenvalue weighted by Gasteiger charge is 2.39. The standard InChI is InChI=1S/C18H26FN3O2/c1-20-7-9-21(10-8-20)13-18(24)5-6-22(14-18)17(23)12-15-3-2-4-16(19)11-15/h2-4,11,24H,5-10,12-14H2,1H3/t18-/m1/s1. The molecule has 3 rings (SSSR count). The van der Waals surface area contributed by atoms with Crippen molar-refractivity contribution in [3.05, 3.63) is 35.6 Å². The molecule has 2 aliphatic heterocycles. The van der Waals surface area contributed by atoms with Crippen LogP contribution < -0.4 is 0 Å². The first-order valence-corrected chi connectivity index (χ1v) is 8.59. The summed E-state index contributed by atoms with van der Waals surface area (Å²) in [5.41, 5.74) is -0.150. The third kappa shape index (κ3) is 4.32. The molecule has 2 fully saturated rings. The van der Waals surface area contributed by atoms with E-state index < -0.39 is 5.60 Å². The Hall–Kier alpha value is -1.50. The molecule has 1 atom stereocenters. The molecule has 1 aromatic rings. The minimum absolute atomic E-state index is 0.0464. The van der Waals surface area contributed by atoms with E-state index in [-0.39, 0.29) is 18.1 Å². The largest absolute Gasteiger partial charge is 0.387 e. The maximum atomic E-state index is 13.2. The van der Waals surface area contributed by atoms with Crippen LogP contribution in [0.15, 0.2) is 24.3 Å². The van der Waals surface area contributed by atoms with Crippen molar-refractivity contribution in [3.63, 3.8) is 0 Å². The Morgan fingerprint density at radius 3 is 2.71 bits per heavy atom. The van der Waals surface area contributed by atoms with E-state index in [0.29, 0.717) is 31.6 Å². The third-order valence-corrected chi connectivity index (χ3v) is 5.04. The predicted octanol–water partition coefficient (Wildman–Crippen LogP) is 0.579. The molecule has 0 radical (unpaired) electrons. The van der Waals surface area contributed by atoms with Crippen molar-refractivity contribution in [1.29, 1.82) is 0 Å². The molecule has 0 unspecified atom stereocenters. The van der Waals surface area contributed by atoms with Crippen molar-refractivity contribution < 1.29 is 14.3 Å². The van der Waals surface area contributed by atoms with E-state index >= 15 is 0 Å². The van der Waals surface area contributed by atoms with Crippen molar-refractivity contribution in [1.82, 2.24) is 14.7 Å². The lowest BCUT2D eigenvalue weighted by Gasteiger charge is -2.36. The number of hydrogen-bond acceptors (Lipinski definition) is 4. The number of carbonyl (C=O) groups excluding carboxylic acids is 1. The van der Waals surface area contributed by atoms with Crippen molar-refractivity contribution in [3.8, 4) is 0 Å². The average molecular weight is 335 g/mol. The second kappa shape index (κ2) is 7.17. The van der Waals surface area contributed by atoms with E-state index in [1.54, 1.807) is 17.0 Å². The number of aliphatic hydroxyl groups is 1. The minimum atomic E-state index is -0.826. The Kier molecular flexibility index (Phi) is 5.18. The SMILES string of the molecule is CN1CCN(C[C@]2(O)CCN(C(=O)Cc3cccc(F)c3)C2)CC1. The summed E-state index contributed by atoms with van der Waals surface area (Å²) in [6, 6.07) is 6.14. The van der Waals surface area contributed by atoms with Gasteiger partial charge in [0, 0.05) is 39.3 Å². The molecular weight excluding hydrogens is 309 g/mol. The number of rotatable bonds is 4. The predicted molar refractivity (Wildman–Crippen MR) is 90.2 cm³/mol. The molecule has 6 heteroatoms. The molecule has 0 bridgehead atoms. The van der Waals surface area contributed by atoms with Gasteiger partial charge in [-0.15, -0.1) is 0 Å². The fraction of sp³-hybridized carbons (Fsp3) is 0.611. The zero-order valence-corrected chi connectivity index (χ0v) is 14.2. The van der Waals surface area contributed by atoms with Crippen LogP contribution in [0.5, 0.6) is 0 Å². The molecule has 0 spiro atoms. The number of carbonyl (C=O) groups is 1. The second-order valence-electron chi connectivity index (χ2n) is 7.18. The second-order valence-corrected chi connectivity index (χ2v) is 7.18. The quantitative estimate of drug-likeness (QED) is 0.874. The van der Waals surface area contributed by atoms with Crippen LogP contribution in [-0.2, 0) is 11.2 Å². The highest BCUT2D eigenvalue weighted by molar-refractivity contribution is 5.79. The Labute approximate surface area is 142 Å². The highest BCUT2D eigenvalue weighted by Crippen LogP contribution is 2.24. The number of hydrogen-bond donors (Lipinski definition) is 1. The van der Waals surface area contributed by atoms with Crippen LogP contribution in [0.25, 0.3) is 0 Å². The summed E-state index contributed by atoms with van der Waals surface area (Å²) < 4.78 is 13.2. The van der Waals surface area contributed by atoms with Crippen LogP contribution in [0.3, 0.4) is 0 Å². The Bertz CT molecular complexity index is 589. The normalized spacial score (nSPS) is 26.0. The van der Waals surface area contributed by atoms with Gasteiger partial charge in [0.15, 0.2) is 0 Å². The van der Waals surface area contributed by atoms with Gasteiger partial charge in [-0.3, -0.25) is 9.69 Å². The summed E-state index contributed by atoms with van der Waals surface area (Å²) in [7, 11) is 2.11. The molecule has 2 heterocycles. The Morgan fingerprint density at radius 2 is 2.00 bits per heavy atom. The van der Waals surface area contributed by atoms with Gasteiger partial charge in [0.2, 0.25) is 5.91 Å². The van der Waals surface area contributed by atoms with Crippen molar-refractivity contribution in [2.24, 2.45) is 0 Å². The average Bonchev–Trinajstić information content (AvgIpc) is 2.92. The first-order valence-electron chi connectivity index (χ1n) is 8.59. The van der Waals surface area contributed by atoms with Gasteiger partial charge in [-0.25, -0.2) is 4.39 Å². The number of piperazine rings is 1. The number of β-amino-alcohol motifs (C(OH)–C–C–N with tert-alkyl or cyclic N) is 1. The van der Waals surface area contributed by atoms with Gasteiger partial charge in [0.1, 0.15) is 5.82 Å². The minimum Gasteiger partial charge on any atom is -0.387 e. The van der Waals surface area contributed by atoms with Gasteiger partial charge in [-0.2, -0.15) is 0 Å². The van der Waals surface area contributed by atoms with Gasteiger partial charge >= 0.3 is 0 Å². The summed E-state index contributed by atoms with van der Waals surface area (Å²) in [5, 5.41) is 10.8. The number of amides is 1. The summed E-state index contributed by atoms with van der Waals surface area (Å²) >= 11 is 0. The van der Waals surface area contributed by atoms with Crippen molar-refractivity contribution >= 4 is 5.91 Å². The molecule has 1 N–H and O–H groups in total. The molecule has 0 aromatic heterocycles. The first kappa shape index (κ1) is 17.3. The van der Waals surface area contributed by atoms with Crippen LogP contribution in [0.1, 0.15) is 12.0 Å². The van der Waals surface area contributed by atoms with Crippen LogP contribution in [0.4, 0.5) is 4.39 Å². The van der Waals surface area contributed by atoms with Gasteiger partial charge in [0.05, 0.1) is 18.6 Å². The van der Waals surface area contributed by atoms with Crippen molar-refractivity contribution in [2.75, 3.05) is 52.9 Å². The topological polar surface area (TPSA) is 47.0 Å². The van der Waals surface area contributed by atoms with Crippen molar-refractivity contribution in [2.45, 2.75) is 18.4 Å². The molecule has 1 amide bonds. The van der Waals surface area contributed by atoms with Crippen LogP contribution >= 0.6 is 0 Å². The van der Waals surface area contributed by atoms with Crippen LogP contribution in [0, 0.1) is 5.82 Å². The van der Waals surface area contributed by atoms with E-state index in [1.165, 1.54) is 12.1 Å². The first-order chi connectivity index (χ1) is 11.4. The molecule has 5 nitrogen and oxygen atoms in total. The zero-order chi connectivity index (χ0) is 17.2. The zero-order valence-electron chi connectivity index (χ0n) is 14.2. The fourth-order valence-corrected chi connectivity index (χ4v) is 3.55. The monoisotopic (exact) mass is 335 g/mol. The van der Waals surface area contributed by atoms with Gasteiger partial charge in [0.25, 0.3) is 0 Å². The highest BCUT2D eigenvalue weighted by atomic mass is 19.1. The molecule has 24 heavy (non-hydrogen) atoms. The Balaban J connectivity index is 1.53. The number of likely N-dealkylation sites (tertiary alicyclic amines) is 1. The van der Waals surface area contributed by atoms with Gasteiger partial charge < -0.3 is 14.9 Å². The van der Waals surface area contributed by atoms with E-state index in [9.17, 15) is 14.3 Å². The summed E-state index contributed by atoms with van der Waals surface area (Å²) in [4.78, 5) is 18.7. The number of halogens is 1. The lowest BCUT2D eigenvalue weighted by molar-refractivity contribution is -0.130. The smallest absolute Gasteiger partial charge is 0.227 e. The number of likely N-dealkylation sites (N-methyl/N-ethyl adjacent to an activating group) is 1. The molecule has 1 aromatic carbocycles. The molecular formula is C18H26FN3O2. The summed E-state index contributed by atoms with van der Waals surface area (Å²) in [6.07, 6.45) is 0.788. The van der Waals surface area contributed by atoms with Gasteiger partial charge in [-0.05, 0) is 31.2 Å². The van der Waals surface area contributed by atoms with E-state index in [0.717, 1.165) is 26.2 Å². The fourth-order valence-electron chi connectivity index (χ4n) is 3.55. The molecule has 2 aliphatic rings. The van der Waals surface area contributed by atoms with Crippen LogP contribution in [-0.4, -0.2) is 84.2 Å². The molecule has 132 valence electrons.